The maximum absolute atomic E-state index is 12.7. The third-order valence-electron chi connectivity index (χ3n) is 12.5. The van der Waals surface area contributed by atoms with Gasteiger partial charge < -0.3 is 34.9 Å². The number of rotatable bonds is 23. The Balaban J connectivity index is 0.000000231. The molecule has 87 heavy (non-hydrogen) atoms. The van der Waals surface area contributed by atoms with Gasteiger partial charge in [-0.15, -0.1) is 11.3 Å². The molecule has 3 N–H and O–H groups in total. The van der Waals surface area contributed by atoms with Crippen LogP contribution in [-0.4, -0.2) is 40.7 Å². The molecule has 0 aliphatic carbocycles. The van der Waals surface area contributed by atoms with Gasteiger partial charge in [0, 0.05) is 32.3 Å². The van der Waals surface area contributed by atoms with Gasteiger partial charge in [0.2, 0.25) is 0 Å². The molecule has 464 valence electrons. The third kappa shape index (κ3) is 23.6. The highest BCUT2D eigenvalue weighted by atomic mass is 32.1. The Morgan fingerprint density at radius 3 is 1.38 bits per heavy atom. The summed E-state index contributed by atoms with van der Waals surface area (Å²) in [5.74, 6) is 1.51. The fourth-order valence-electron chi connectivity index (χ4n) is 8.19. The average molecular weight is 1250 g/mol. The Hall–Kier alpha value is -7.48. The number of fused-ring (bicyclic) bond motifs is 1. The van der Waals surface area contributed by atoms with Gasteiger partial charge in [-0.3, -0.25) is 0 Å². The van der Waals surface area contributed by atoms with Crippen molar-refractivity contribution in [3.05, 3.63) is 262 Å². The minimum absolute atomic E-state index is 0. The van der Waals surface area contributed by atoms with Gasteiger partial charge in [0.1, 0.15) is 47.4 Å². The number of benzene rings is 8. The summed E-state index contributed by atoms with van der Waals surface area (Å²) in [6.45, 7) is 1.51. The molecule has 3 unspecified atom stereocenters. The number of halogens is 9. The minimum atomic E-state index is -4.48. The molecular formula is C69H74F9N3O4S2. The standard InChI is InChI=1S/C18H18OS.3C17H18F3NO.H2S/c1-2-7-17(18-12-6-13-20-18)19-16-11-5-9-14-8-3-4-10-15(14)16;3*1-21-12-11-16(13-5-3-2-4-6-13)22-15-9-7-14(8-10-15)17(18,19)20;/h3-6,8-13,17H,2,7H2,1H3;3*2-10,16,21H,11-12H2,1H3;1H2/t17-;;;;/m0..../s1/i17D;2D,3D,4D,5D,6D;12D2;3D;. The van der Waals surface area contributed by atoms with Crippen molar-refractivity contribution in [2.24, 2.45) is 0 Å². The van der Waals surface area contributed by atoms with Crippen LogP contribution in [0, 0.1) is 0 Å². The number of thiophene rings is 1. The Kier molecular flexibility index (Phi) is 23.7. The molecule has 9 rings (SSSR count). The maximum atomic E-state index is 12.7. The molecule has 4 atom stereocenters. The lowest BCUT2D eigenvalue weighted by molar-refractivity contribution is -0.138. The topological polar surface area (TPSA) is 73.0 Å². The van der Waals surface area contributed by atoms with Crippen LogP contribution in [0.1, 0.15) is 114 Å². The monoisotopic (exact) mass is 1250 g/mol. The normalized spacial score (nSPS) is 14.7. The first-order valence-corrected chi connectivity index (χ1v) is 28.2. The first-order valence-electron chi connectivity index (χ1n) is 31.8. The molecule has 0 saturated heterocycles. The van der Waals surface area contributed by atoms with Crippen molar-refractivity contribution in [3.8, 4) is 23.0 Å². The highest BCUT2D eigenvalue weighted by Gasteiger charge is 2.32. The van der Waals surface area contributed by atoms with E-state index < -0.39 is 90.2 Å². The van der Waals surface area contributed by atoms with Gasteiger partial charge in [-0.25, -0.2) is 0 Å². The van der Waals surface area contributed by atoms with Crippen LogP contribution >= 0.6 is 24.8 Å². The second kappa shape index (κ2) is 36.0. The molecule has 0 aliphatic rings. The van der Waals surface area contributed by atoms with Crippen molar-refractivity contribution >= 4 is 35.6 Å². The number of alkyl halides is 9. The highest BCUT2D eigenvalue weighted by Crippen LogP contribution is 2.37. The van der Waals surface area contributed by atoms with Gasteiger partial charge >= 0.3 is 18.5 Å². The van der Waals surface area contributed by atoms with Crippen LogP contribution < -0.4 is 34.9 Å². The second-order valence-electron chi connectivity index (χ2n) is 18.8. The molecule has 0 amide bonds. The van der Waals surface area contributed by atoms with E-state index in [1.54, 1.807) is 60.8 Å². The minimum Gasteiger partial charge on any atom is -0.486 e. The number of hydrogen-bond acceptors (Lipinski definition) is 8. The van der Waals surface area contributed by atoms with Gasteiger partial charge in [0.15, 0.2) is 0 Å². The molecule has 0 saturated carbocycles. The van der Waals surface area contributed by atoms with E-state index >= 15 is 0 Å². The van der Waals surface area contributed by atoms with E-state index in [4.69, 9.17) is 31.3 Å². The van der Waals surface area contributed by atoms with Crippen molar-refractivity contribution in [1.82, 2.24) is 16.0 Å². The predicted octanol–water partition coefficient (Wildman–Crippen LogP) is 19.2. The van der Waals surface area contributed by atoms with E-state index in [0.717, 1.165) is 87.5 Å². The van der Waals surface area contributed by atoms with E-state index in [-0.39, 0.29) is 49.5 Å². The summed E-state index contributed by atoms with van der Waals surface area (Å²) < 4.78 is 209. The SMILES string of the molecule is S.[2H]C([2H])(CC(Oc1ccc(C(F)(F)F)cc1)c1ccccc1)NC.[2H][C@@](CCC)(Oc1cccc2ccccc12)c1cccs1.[2H]c1c([2H])c([2H])c(C(CCNC)Oc2ccc(C(F)(F)F)cc2)c([2H])c1[2H].[2H]c1cccc(C(CCNC)Oc2ccc(C(F)(F)F)cc2)c1. The van der Waals surface area contributed by atoms with Gasteiger partial charge in [-0.05, 0) is 160 Å². The zero-order chi connectivity index (χ0) is 69.7. The Morgan fingerprint density at radius 2 is 0.920 bits per heavy atom. The van der Waals surface area contributed by atoms with E-state index in [0.29, 0.717) is 37.7 Å². The van der Waals surface area contributed by atoms with Crippen LogP contribution in [0.4, 0.5) is 39.5 Å². The maximum Gasteiger partial charge on any atom is 0.416 e. The predicted molar refractivity (Wildman–Crippen MR) is 336 cm³/mol. The fraction of sp³-hybridized carbons (Fsp3) is 0.275. The molecule has 9 aromatic rings. The molecule has 0 fully saturated rings. The number of hydrogen-bond donors (Lipinski definition) is 3. The number of nitrogens with one attached hydrogen (secondary N) is 3. The zero-order valence-electron chi connectivity index (χ0n) is 57.0. The summed E-state index contributed by atoms with van der Waals surface area (Å²) in [5, 5.41) is 12.7. The summed E-state index contributed by atoms with van der Waals surface area (Å²) in [5.41, 5.74) is -0.744. The van der Waals surface area contributed by atoms with Crippen molar-refractivity contribution in [2.45, 2.75) is 81.9 Å². The van der Waals surface area contributed by atoms with Gasteiger partial charge in [-0.2, -0.15) is 53.0 Å². The van der Waals surface area contributed by atoms with Crippen molar-refractivity contribution in [3.63, 3.8) is 0 Å². The van der Waals surface area contributed by atoms with Crippen LogP contribution in [-0.2, 0) is 18.5 Å². The van der Waals surface area contributed by atoms with Crippen LogP contribution in [0.3, 0.4) is 0 Å². The molecule has 18 heteroatoms. The van der Waals surface area contributed by atoms with E-state index in [2.05, 4.69) is 35.0 Å². The lowest BCUT2D eigenvalue weighted by atomic mass is 10.1. The van der Waals surface area contributed by atoms with Gasteiger partial charge in [0.25, 0.3) is 0 Å². The van der Waals surface area contributed by atoms with E-state index in [9.17, 15) is 39.5 Å². The first kappa shape index (κ1) is 57.3. The largest absolute Gasteiger partial charge is 0.486 e. The van der Waals surface area contributed by atoms with Gasteiger partial charge in [-0.1, -0.05) is 147 Å². The molecule has 0 radical (unpaired) electrons. The molecule has 8 aromatic carbocycles. The number of ether oxygens (including phenoxy) is 4. The van der Waals surface area contributed by atoms with Crippen LogP contribution in [0.5, 0.6) is 23.0 Å². The Bertz CT molecular complexity index is 3780. The summed E-state index contributed by atoms with van der Waals surface area (Å²) >= 11 is 1.58. The van der Waals surface area contributed by atoms with Crippen molar-refractivity contribution in [1.29, 1.82) is 0 Å². The van der Waals surface area contributed by atoms with Crippen LogP contribution in [0.15, 0.2) is 224 Å². The van der Waals surface area contributed by atoms with Crippen LogP contribution in [0.25, 0.3) is 10.8 Å². The van der Waals surface area contributed by atoms with Gasteiger partial charge in [0.05, 0.1) is 26.3 Å². The lowest BCUT2D eigenvalue weighted by Gasteiger charge is -2.20. The second-order valence-corrected chi connectivity index (χ2v) is 19.8. The molecule has 1 aromatic heterocycles. The van der Waals surface area contributed by atoms with Crippen molar-refractivity contribution in [2.75, 3.05) is 40.7 Å². The fourth-order valence-corrected chi connectivity index (χ4v) is 8.93. The molecule has 0 bridgehead atoms. The molecule has 7 nitrogen and oxygen atoms in total. The Morgan fingerprint density at radius 1 is 0.460 bits per heavy atom. The quantitative estimate of drug-likeness (QED) is 0.0551. The highest BCUT2D eigenvalue weighted by molar-refractivity contribution is 7.59. The lowest BCUT2D eigenvalue weighted by Crippen LogP contribution is -2.16. The van der Waals surface area contributed by atoms with Crippen molar-refractivity contribution < 1.29 is 70.8 Å². The Labute approximate surface area is 528 Å². The summed E-state index contributed by atoms with van der Waals surface area (Å²) in [6.07, 6.45) is -13.6. The molecular weight excluding hydrogens is 1170 g/mol. The summed E-state index contributed by atoms with van der Waals surface area (Å²) in [6, 6.07) is 45.2. The molecule has 0 aliphatic heterocycles. The average Bonchev–Trinajstić information content (AvgIpc) is 0.870. The van der Waals surface area contributed by atoms with Crippen LogP contribution in [0.2, 0.25) is 0 Å². The summed E-state index contributed by atoms with van der Waals surface area (Å²) in [4.78, 5) is 0.956. The summed E-state index contributed by atoms with van der Waals surface area (Å²) in [7, 11) is 4.99. The zero-order valence-corrected chi connectivity index (χ0v) is 49.8. The van der Waals surface area contributed by atoms with E-state index in [1.807, 2.05) is 67.0 Å². The molecule has 1 heterocycles. The smallest absolute Gasteiger partial charge is 0.416 e. The first-order chi connectivity index (χ1) is 44.9. The third-order valence-corrected chi connectivity index (χ3v) is 13.4. The van der Waals surface area contributed by atoms with E-state index in [1.165, 1.54) is 31.3 Å². The molecule has 0 spiro atoms.